The number of amides is 1. The second-order valence-corrected chi connectivity index (χ2v) is 5.41. The van der Waals surface area contributed by atoms with Gasteiger partial charge in [0, 0.05) is 18.5 Å². The van der Waals surface area contributed by atoms with Crippen LogP contribution in [0.5, 0.6) is 0 Å². The fourth-order valence-corrected chi connectivity index (χ4v) is 2.54. The van der Waals surface area contributed by atoms with Crippen molar-refractivity contribution in [1.29, 1.82) is 0 Å². The zero-order valence-electron chi connectivity index (χ0n) is 10.6. The highest BCUT2D eigenvalue weighted by Crippen LogP contribution is 2.22. The van der Waals surface area contributed by atoms with Gasteiger partial charge in [0.25, 0.3) is 5.91 Å². The van der Waals surface area contributed by atoms with Crippen molar-refractivity contribution in [2.24, 2.45) is 0 Å². The molecule has 3 rings (SSSR count). The Bertz CT molecular complexity index is 668. The Balaban J connectivity index is 1.68. The molecule has 1 aliphatic heterocycles. The molecule has 0 spiro atoms. The molecule has 2 heterocycles. The fourth-order valence-electron chi connectivity index (χ4n) is 2.24. The van der Waals surface area contributed by atoms with E-state index in [-0.39, 0.29) is 5.91 Å². The van der Waals surface area contributed by atoms with Crippen LogP contribution in [0.1, 0.15) is 28.4 Å². The molecule has 104 valence electrons. The molecule has 1 aromatic heterocycles. The molecule has 0 atom stereocenters. The summed E-state index contributed by atoms with van der Waals surface area (Å²) in [7, 11) is 0. The lowest BCUT2D eigenvalue weighted by Gasteiger charge is -2.06. The van der Waals surface area contributed by atoms with Gasteiger partial charge in [-0.2, -0.15) is 0 Å². The van der Waals surface area contributed by atoms with Gasteiger partial charge in [-0.15, -0.1) is 10.2 Å². The van der Waals surface area contributed by atoms with Crippen molar-refractivity contribution < 1.29 is 4.79 Å². The van der Waals surface area contributed by atoms with Crippen molar-refractivity contribution in [3.8, 4) is 0 Å². The number of carbonyl (C=O) groups excluding carboxylic acids is 1. The van der Waals surface area contributed by atoms with Crippen LogP contribution < -0.4 is 5.32 Å². The molecule has 0 aliphatic carbocycles. The summed E-state index contributed by atoms with van der Waals surface area (Å²) < 4.78 is 2.05. The predicted molar refractivity (Wildman–Crippen MR) is 76.0 cm³/mol. The molecule has 1 amide bonds. The molecular formula is C13H12Cl2N4O. The van der Waals surface area contributed by atoms with Crippen LogP contribution in [0.2, 0.25) is 10.0 Å². The molecule has 0 fully saturated rings. The molecule has 20 heavy (non-hydrogen) atoms. The molecule has 0 saturated heterocycles. The number of rotatable bonds is 3. The van der Waals surface area contributed by atoms with Crippen LogP contribution in [0.4, 0.5) is 0 Å². The van der Waals surface area contributed by atoms with Crippen molar-refractivity contribution >= 4 is 29.1 Å². The molecule has 0 saturated carbocycles. The van der Waals surface area contributed by atoms with Gasteiger partial charge in [-0.05, 0) is 24.6 Å². The topological polar surface area (TPSA) is 59.8 Å². The molecule has 0 radical (unpaired) electrons. The van der Waals surface area contributed by atoms with E-state index >= 15 is 0 Å². The van der Waals surface area contributed by atoms with Gasteiger partial charge in [0.05, 0.1) is 16.6 Å². The third kappa shape index (κ3) is 2.51. The Morgan fingerprint density at radius 3 is 2.95 bits per heavy atom. The van der Waals surface area contributed by atoms with E-state index in [1.165, 1.54) is 0 Å². The lowest BCUT2D eigenvalue weighted by molar-refractivity contribution is 0.0949. The largest absolute Gasteiger partial charge is 0.345 e. The lowest BCUT2D eigenvalue weighted by atomic mass is 10.2. The van der Waals surface area contributed by atoms with Gasteiger partial charge in [-0.25, -0.2) is 0 Å². The number of nitrogens with zero attached hydrogens (tertiary/aromatic N) is 3. The number of benzene rings is 1. The summed E-state index contributed by atoms with van der Waals surface area (Å²) in [5.74, 6) is 1.56. The van der Waals surface area contributed by atoms with Crippen molar-refractivity contribution in [1.82, 2.24) is 20.1 Å². The maximum absolute atomic E-state index is 12.0. The van der Waals surface area contributed by atoms with E-state index in [4.69, 9.17) is 23.2 Å². The number of fused-ring (bicyclic) bond motifs is 1. The van der Waals surface area contributed by atoms with E-state index in [1.807, 2.05) is 0 Å². The Hall–Kier alpha value is -1.59. The van der Waals surface area contributed by atoms with Crippen LogP contribution in [0.15, 0.2) is 18.2 Å². The Morgan fingerprint density at radius 1 is 1.30 bits per heavy atom. The predicted octanol–water partition coefficient (Wildman–Crippen LogP) is 2.46. The smallest absolute Gasteiger partial charge is 0.251 e. The zero-order chi connectivity index (χ0) is 14.1. The third-order valence-corrected chi connectivity index (χ3v) is 4.01. The maximum Gasteiger partial charge on any atom is 0.251 e. The van der Waals surface area contributed by atoms with Crippen LogP contribution in [0, 0.1) is 0 Å². The third-order valence-electron chi connectivity index (χ3n) is 3.27. The number of carbonyl (C=O) groups is 1. The molecule has 0 bridgehead atoms. The second-order valence-electron chi connectivity index (χ2n) is 4.60. The number of hydrogen-bond donors (Lipinski definition) is 1. The van der Waals surface area contributed by atoms with Gasteiger partial charge in [0.1, 0.15) is 5.82 Å². The summed E-state index contributed by atoms with van der Waals surface area (Å²) in [5.41, 5.74) is 0.473. The number of nitrogens with one attached hydrogen (secondary N) is 1. The number of hydrogen-bond acceptors (Lipinski definition) is 3. The maximum atomic E-state index is 12.0. The lowest BCUT2D eigenvalue weighted by Crippen LogP contribution is -2.24. The van der Waals surface area contributed by atoms with Crippen LogP contribution in [-0.2, 0) is 19.5 Å². The van der Waals surface area contributed by atoms with Gasteiger partial charge in [-0.3, -0.25) is 4.79 Å². The highest BCUT2D eigenvalue weighted by atomic mass is 35.5. The molecule has 1 aliphatic rings. The Morgan fingerprint density at radius 2 is 2.15 bits per heavy atom. The average Bonchev–Trinajstić information content (AvgIpc) is 3.02. The van der Waals surface area contributed by atoms with Gasteiger partial charge in [-0.1, -0.05) is 23.2 Å². The first-order valence-corrected chi connectivity index (χ1v) is 7.05. The van der Waals surface area contributed by atoms with Crippen LogP contribution in [0.3, 0.4) is 0 Å². The van der Waals surface area contributed by atoms with E-state index in [0.717, 1.165) is 31.0 Å². The first kappa shape index (κ1) is 13.4. The van der Waals surface area contributed by atoms with Gasteiger partial charge >= 0.3 is 0 Å². The first-order valence-electron chi connectivity index (χ1n) is 6.29. The molecule has 1 aromatic carbocycles. The van der Waals surface area contributed by atoms with E-state index in [9.17, 15) is 4.79 Å². The number of aromatic nitrogens is 3. The fraction of sp³-hybridized carbons (Fsp3) is 0.308. The minimum Gasteiger partial charge on any atom is -0.345 e. The number of halogens is 2. The van der Waals surface area contributed by atoms with E-state index in [1.54, 1.807) is 18.2 Å². The Labute approximate surface area is 125 Å². The van der Waals surface area contributed by atoms with Crippen LogP contribution in [0.25, 0.3) is 0 Å². The van der Waals surface area contributed by atoms with Crippen molar-refractivity contribution in [3.63, 3.8) is 0 Å². The van der Waals surface area contributed by atoms with E-state index in [2.05, 4.69) is 20.1 Å². The van der Waals surface area contributed by atoms with Crippen LogP contribution >= 0.6 is 23.2 Å². The molecule has 0 unspecified atom stereocenters. The first-order chi connectivity index (χ1) is 9.65. The normalized spacial score (nSPS) is 13.3. The van der Waals surface area contributed by atoms with Crippen molar-refractivity contribution in [3.05, 3.63) is 45.5 Å². The SMILES string of the molecule is O=C(NCc1nnc2n1CCC2)c1ccc(Cl)c(Cl)c1. The highest BCUT2D eigenvalue weighted by Gasteiger charge is 2.17. The summed E-state index contributed by atoms with van der Waals surface area (Å²) in [6.07, 6.45) is 2.03. The summed E-state index contributed by atoms with van der Waals surface area (Å²) in [6.45, 7) is 1.27. The van der Waals surface area contributed by atoms with Crippen molar-refractivity contribution in [2.45, 2.75) is 25.9 Å². The summed E-state index contributed by atoms with van der Waals surface area (Å²) >= 11 is 11.7. The van der Waals surface area contributed by atoms with Gasteiger partial charge in [0.2, 0.25) is 0 Å². The molecule has 7 heteroatoms. The highest BCUT2D eigenvalue weighted by molar-refractivity contribution is 6.42. The van der Waals surface area contributed by atoms with Crippen molar-refractivity contribution in [2.75, 3.05) is 0 Å². The minimum atomic E-state index is -0.209. The van der Waals surface area contributed by atoms with Crippen LogP contribution in [-0.4, -0.2) is 20.7 Å². The standard InChI is InChI=1S/C13H12Cl2N4O/c14-9-4-3-8(6-10(9)15)13(20)16-7-12-18-17-11-2-1-5-19(11)12/h3-4,6H,1-2,5,7H2,(H,16,20). The molecule has 1 N–H and O–H groups in total. The quantitative estimate of drug-likeness (QED) is 0.947. The summed E-state index contributed by atoms with van der Waals surface area (Å²) in [4.78, 5) is 12.0. The average molecular weight is 311 g/mol. The van der Waals surface area contributed by atoms with E-state index in [0.29, 0.717) is 22.2 Å². The monoisotopic (exact) mass is 310 g/mol. The van der Waals surface area contributed by atoms with Gasteiger partial charge < -0.3 is 9.88 Å². The van der Waals surface area contributed by atoms with E-state index < -0.39 is 0 Å². The molecule has 5 nitrogen and oxygen atoms in total. The molecular weight excluding hydrogens is 299 g/mol. The summed E-state index contributed by atoms with van der Waals surface area (Å²) in [5, 5.41) is 11.8. The Kier molecular flexibility index (Phi) is 3.63. The second kappa shape index (κ2) is 5.42. The van der Waals surface area contributed by atoms with Gasteiger partial charge in [0.15, 0.2) is 5.82 Å². The zero-order valence-corrected chi connectivity index (χ0v) is 12.1. The number of aryl methyl sites for hydroxylation is 1. The summed E-state index contributed by atoms with van der Waals surface area (Å²) in [6, 6.07) is 4.79. The minimum absolute atomic E-state index is 0.209. The molecule has 2 aromatic rings.